The number of aromatic nitrogens is 1. The van der Waals surface area contributed by atoms with E-state index in [0.717, 1.165) is 18.5 Å². The number of hydrogen-bond acceptors (Lipinski definition) is 6. The molecule has 1 aromatic heterocycles. The lowest BCUT2D eigenvalue weighted by Crippen LogP contribution is -2.18. The Balaban J connectivity index is 1.60. The molecule has 5 nitrogen and oxygen atoms in total. The van der Waals surface area contributed by atoms with Gasteiger partial charge in [-0.1, -0.05) is 6.07 Å². The number of hydrogen-bond donors (Lipinski definition) is 2. The normalized spacial score (nSPS) is 14.5. The van der Waals surface area contributed by atoms with Crippen LogP contribution in [-0.4, -0.2) is 30.4 Å². The number of ether oxygens (including phenoxy) is 2. The van der Waals surface area contributed by atoms with Gasteiger partial charge >= 0.3 is 0 Å². The van der Waals surface area contributed by atoms with Gasteiger partial charge in [0, 0.05) is 11.4 Å². The lowest BCUT2D eigenvalue weighted by Gasteiger charge is -2.14. The van der Waals surface area contributed by atoms with Gasteiger partial charge in [-0.25, -0.2) is 4.98 Å². The third kappa shape index (κ3) is 3.88. The van der Waals surface area contributed by atoms with Crippen molar-refractivity contribution >= 4 is 11.3 Å². The highest BCUT2D eigenvalue weighted by Crippen LogP contribution is 2.31. The molecule has 2 N–H and O–H groups in total. The first-order valence-corrected chi connectivity index (χ1v) is 9.15. The molecule has 0 radical (unpaired) electrons. The van der Waals surface area contributed by atoms with E-state index in [0.29, 0.717) is 11.5 Å². The van der Waals surface area contributed by atoms with Crippen LogP contribution in [0.5, 0.6) is 11.5 Å². The highest BCUT2D eigenvalue weighted by atomic mass is 32.1. The van der Waals surface area contributed by atoms with Gasteiger partial charge in [0.05, 0.1) is 25.5 Å². The molecule has 0 saturated carbocycles. The zero-order valence-electron chi connectivity index (χ0n) is 14.2. The highest BCUT2D eigenvalue weighted by molar-refractivity contribution is 7.11. The van der Waals surface area contributed by atoms with Gasteiger partial charge in [-0.2, -0.15) is 0 Å². The van der Waals surface area contributed by atoms with Crippen molar-refractivity contribution in [1.29, 1.82) is 0 Å². The molecule has 1 unspecified atom stereocenters. The summed E-state index contributed by atoms with van der Waals surface area (Å²) in [4.78, 5) is 6.24. The third-order valence-electron chi connectivity index (χ3n) is 4.17. The second-order valence-corrected chi connectivity index (χ2v) is 7.05. The van der Waals surface area contributed by atoms with E-state index in [9.17, 15) is 0 Å². The Kier molecular flexibility index (Phi) is 5.71. The number of thiazole rings is 1. The SMILES string of the molecule is COc1cc(CNC(C)c2nc3c(s2)CCC3)ccc1OCCO. The Hall–Kier alpha value is -1.63. The van der Waals surface area contributed by atoms with Crippen LogP contribution in [0.4, 0.5) is 0 Å². The predicted octanol–water partition coefficient (Wildman–Crippen LogP) is 2.86. The fourth-order valence-corrected chi connectivity index (χ4v) is 4.03. The predicted molar refractivity (Wildman–Crippen MR) is 95.0 cm³/mol. The van der Waals surface area contributed by atoms with E-state index in [2.05, 4.69) is 12.2 Å². The Morgan fingerprint density at radius 1 is 1.33 bits per heavy atom. The van der Waals surface area contributed by atoms with E-state index in [4.69, 9.17) is 19.6 Å². The molecule has 24 heavy (non-hydrogen) atoms. The molecule has 1 aromatic carbocycles. The molecule has 0 aliphatic heterocycles. The maximum Gasteiger partial charge on any atom is 0.161 e. The Labute approximate surface area is 146 Å². The van der Waals surface area contributed by atoms with Crippen LogP contribution >= 0.6 is 11.3 Å². The molecule has 0 saturated heterocycles. The molecule has 0 amide bonds. The summed E-state index contributed by atoms with van der Waals surface area (Å²) in [7, 11) is 1.62. The monoisotopic (exact) mass is 348 g/mol. The van der Waals surface area contributed by atoms with E-state index in [1.807, 2.05) is 29.5 Å². The standard InChI is InChI=1S/C18H24N2O3S/c1-12(18-20-14-4-3-5-17(14)24-18)19-11-13-6-7-15(23-9-8-21)16(10-13)22-2/h6-7,10,12,19,21H,3-5,8-9,11H2,1-2H3. The molecule has 3 rings (SSSR count). The molecule has 1 aliphatic rings. The second kappa shape index (κ2) is 7.96. The topological polar surface area (TPSA) is 63.6 Å². The van der Waals surface area contributed by atoms with Gasteiger partial charge in [-0.05, 0) is 43.9 Å². The van der Waals surface area contributed by atoms with Crippen LogP contribution in [0.2, 0.25) is 0 Å². The van der Waals surface area contributed by atoms with Crippen molar-refractivity contribution < 1.29 is 14.6 Å². The molecular formula is C18H24N2O3S. The van der Waals surface area contributed by atoms with Crippen LogP contribution in [-0.2, 0) is 19.4 Å². The molecule has 2 aromatic rings. The van der Waals surface area contributed by atoms with E-state index in [-0.39, 0.29) is 19.3 Å². The van der Waals surface area contributed by atoms with Crippen molar-refractivity contribution in [2.45, 2.75) is 38.8 Å². The Morgan fingerprint density at radius 3 is 2.96 bits per heavy atom. The molecule has 0 bridgehead atoms. The first-order chi connectivity index (χ1) is 11.7. The summed E-state index contributed by atoms with van der Waals surface area (Å²) in [5.41, 5.74) is 2.43. The second-order valence-electron chi connectivity index (χ2n) is 5.94. The number of benzene rings is 1. The van der Waals surface area contributed by atoms with Gasteiger partial charge in [0.25, 0.3) is 0 Å². The molecule has 1 aliphatic carbocycles. The average molecular weight is 348 g/mol. The molecule has 0 spiro atoms. The van der Waals surface area contributed by atoms with E-state index < -0.39 is 0 Å². The number of aryl methyl sites for hydroxylation is 2. The lowest BCUT2D eigenvalue weighted by atomic mass is 10.2. The summed E-state index contributed by atoms with van der Waals surface area (Å²) < 4.78 is 10.8. The van der Waals surface area contributed by atoms with Crippen LogP contribution < -0.4 is 14.8 Å². The molecule has 0 fully saturated rings. The van der Waals surface area contributed by atoms with E-state index >= 15 is 0 Å². The number of rotatable bonds is 8. The van der Waals surface area contributed by atoms with Crippen molar-refractivity contribution in [3.05, 3.63) is 39.3 Å². The van der Waals surface area contributed by atoms with Gasteiger partial charge in [-0.3, -0.25) is 0 Å². The van der Waals surface area contributed by atoms with E-state index in [1.54, 1.807) is 7.11 Å². The minimum absolute atomic E-state index is 0.0121. The van der Waals surface area contributed by atoms with Crippen molar-refractivity contribution in [1.82, 2.24) is 10.3 Å². The largest absolute Gasteiger partial charge is 0.493 e. The molecule has 130 valence electrons. The van der Waals surface area contributed by atoms with Crippen molar-refractivity contribution in [3.63, 3.8) is 0 Å². The minimum Gasteiger partial charge on any atom is -0.493 e. The smallest absolute Gasteiger partial charge is 0.161 e. The van der Waals surface area contributed by atoms with Crippen LogP contribution in [0.15, 0.2) is 18.2 Å². The summed E-state index contributed by atoms with van der Waals surface area (Å²) in [6.07, 6.45) is 3.57. The number of nitrogens with zero attached hydrogens (tertiary/aromatic N) is 1. The van der Waals surface area contributed by atoms with Crippen LogP contribution in [0.25, 0.3) is 0 Å². The fraction of sp³-hybridized carbons (Fsp3) is 0.500. The van der Waals surface area contributed by atoms with Gasteiger partial charge in [0.15, 0.2) is 11.5 Å². The zero-order valence-corrected chi connectivity index (χ0v) is 15.0. The first-order valence-electron chi connectivity index (χ1n) is 8.33. The fourth-order valence-electron chi connectivity index (χ4n) is 2.85. The summed E-state index contributed by atoms with van der Waals surface area (Å²) in [5.74, 6) is 1.34. The number of aliphatic hydroxyl groups is 1. The van der Waals surface area contributed by atoms with Crippen molar-refractivity contribution in [2.75, 3.05) is 20.3 Å². The summed E-state index contributed by atoms with van der Waals surface area (Å²) in [6, 6.07) is 6.09. The Morgan fingerprint density at radius 2 is 2.21 bits per heavy atom. The quantitative estimate of drug-likeness (QED) is 0.768. The van der Waals surface area contributed by atoms with Crippen molar-refractivity contribution in [2.24, 2.45) is 0 Å². The molecular weight excluding hydrogens is 324 g/mol. The third-order valence-corrected chi connectivity index (χ3v) is 5.51. The molecule has 1 atom stereocenters. The first kappa shape index (κ1) is 17.2. The number of aliphatic hydroxyl groups excluding tert-OH is 1. The maximum atomic E-state index is 8.86. The Bertz CT molecular complexity index is 665. The maximum absolute atomic E-state index is 8.86. The lowest BCUT2D eigenvalue weighted by molar-refractivity contribution is 0.196. The minimum atomic E-state index is -0.0121. The number of fused-ring (bicyclic) bond motifs is 1. The zero-order chi connectivity index (χ0) is 16.9. The van der Waals surface area contributed by atoms with Gasteiger partial charge in [0.1, 0.15) is 11.6 Å². The number of nitrogens with one attached hydrogen (secondary N) is 1. The molecule has 1 heterocycles. The van der Waals surface area contributed by atoms with Crippen LogP contribution in [0, 0.1) is 0 Å². The average Bonchev–Trinajstić information content (AvgIpc) is 3.20. The van der Waals surface area contributed by atoms with Gasteiger partial charge in [-0.15, -0.1) is 11.3 Å². The number of methoxy groups -OCH3 is 1. The summed E-state index contributed by atoms with van der Waals surface area (Å²) >= 11 is 1.84. The highest BCUT2D eigenvalue weighted by Gasteiger charge is 2.19. The molecule has 6 heteroatoms. The van der Waals surface area contributed by atoms with E-state index in [1.165, 1.54) is 28.4 Å². The summed E-state index contributed by atoms with van der Waals surface area (Å²) in [5, 5.41) is 13.6. The summed E-state index contributed by atoms with van der Waals surface area (Å²) in [6.45, 7) is 3.15. The van der Waals surface area contributed by atoms with Crippen molar-refractivity contribution in [3.8, 4) is 11.5 Å². The van der Waals surface area contributed by atoms with Crippen LogP contribution in [0.3, 0.4) is 0 Å². The van der Waals surface area contributed by atoms with Crippen LogP contribution in [0.1, 0.15) is 40.5 Å². The van der Waals surface area contributed by atoms with Gasteiger partial charge in [0.2, 0.25) is 0 Å². The van der Waals surface area contributed by atoms with Gasteiger partial charge < -0.3 is 19.9 Å².